The van der Waals surface area contributed by atoms with E-state index in [1.54, 1.807) is 23.6 Å². The van der Waals surface area contributed by atoms with Gasteiger partial charge in [-0.1, -0.05) is 13.0 Å². The molecule has 0 aliphatic carbocycles. The number of para-hydroxylation sites is 1. The van der Waals surface area contributed by atoms with Crippen LogP contribution in [-0.4, -0.2) is 29.5 Å². The molecule has 0 radical (unpaired) electrons. The smallest absolute Gasteiger partial charge is 0.178 e. The molecule has 0 aliphatic heterocycles. The van der Waals surface area contributed by atoms with E-state index in [4.69, 9.17) is 12.2 Å². The van der Waals surface area contributed by atoms with Crippen molar-refractivity contribution < 1.29 is 12.8 Å². The maximum absolute atomic E-state index is 13.5. The van der Waals surface area contributed by atoms with Crippen LogP contribution in [0.3, 0.4) is 0 Å². The Morgan fingerprint density at radius 2 is 2.17 bits per heavy atom. The second-order valence-corrected chi connectivity index (χ2v) is 6.81. The molecule has 0 fully saturated rings. The van der Waals surface area contributed by atoms with Crippen LogP contribution in [0.2, 0.25) is 0 Å². The molecule has 0 saturated carbocycles. The largest absolute Gasteiger partial charge is 0.328 e. The molecule has 1 aromatic heterocycles. The summed E-state index contributed by atoms with van der Waals surface area (Å²) in [6.45, 7) is 1.84. The number of aromatic nitrogens is 2. The van der Waals surface area contributed by atoms with E-state index in [0.717, 1.165) is 0 Å². The van der Waals surface area contributed by atoms with Gasteiger partial charge in [0.15, 0.2) is 14.6 Å². The highest BCUT2D eigenvalue weighted by Gasteiger charge is 2.12. The maximum atomic E-state index is 13.5. The summed E-state index contributed by atoms with van der Waals surface area (Å²) in [7, 11) is -3.07. The van der Waals surface area contributed by atoms with Crippen LogP contribution in [0, 0.1) is 10.6 Å². The Morgan fingerprint density at radius 1 is 1.44 bits per heavy atom. The van der Waals surface area contributed by atoms with E-state index in [1.165, 1.54) is 6.07 Å². The van der Waals surface area contributed by atoms with Gasteiger partial charge in [-0.2, -0.15) is 0 Å². The lowest BCUT2D eigenvalue weighted by Gasteiger charge is -2.04. The van der Waals surface area contributed by atoms with Crippen molar-refractivity contribution in [1.29, 1.82) is 0 Å². The Morgan fingerprint density at radius 3 is 2.83 bits per heavy atom. The lowest BCUT2D eigenvalue weighted by atomic mass is 10.3. The van der Waals surface area contributed by atoms with Crippen molar-refractivity contribution in [2.24, 2.45) is 0 Å². The van der Waals surface area contributed by atoms with Crippen molar-refractivity contribution in [3.05, 3.63) is 28.8 Å². The van der Waals surface area contributed by atoms with Gasteiger partial charge in [0.25, 0.3) is 0 Å². The molecular formula is C11H13FN2O2S2. The Kier molecular flexibility index (Phi) is 3.54. The number of rotatable bonds is 4. The third-order valence-corrected chi connectivity index (χ3v) is 4.83. The molecule has 0 unspecified atom stereocenters. The van der Waals surface area contributed by atoms with Crippen LogP contribution in [0.4, 0.5) is 4.39 Å². The minimum atomic E-state index is -3.07. The number of halogens is 1. The fourth-order valence-corrected chi connectivity index (χ4v) is 2.78. The molecule has 2 aromatic rings. The molecule has 0 atom stereocenters. The molecule has 4 nitrogen and oxygen atoms in total. The first-order valence-corrected chi connectivity index (χ1v) is 7.75. The van der Waals surface area contributed by atoms with Crippen molar-refractivity contribution in [1.82, 2.24) is 9.55 Å². The molecule has 1 heterocycles. The molecule has 0 bridgehead atoms. The normalized spacial score (nSPS) is 12.1. The monoisotopic (exact) mass is 288 g/mol. The van der Waals surface area contributed by atoms with Crippen molar-refractivity contribution in [3.63, 3.8) is 0 Å². The molecule has 1 N–H and O–H groups in total. The molecule has 1 aromatic carbocycles. The summed E-state index contributed by atoms with van der Waals surface area (Å²) in [6, 6.07) is 4.62. The number of fused-ring (bicyclic) bond motifs is 1. The van der Waals surface area contributed by atoms with Crippen molar-refractivity contribution in [2.45, 2.75) is 13.5 Å². The molecule has 7 heteroatoms. The Labute approximate surface area is 109 Å². The number of benzene rings is 1. The van der Waals surface area contributed by atoms with E-state index >= 15 is 0 Å². The predicted octanol–water partition coefficient (Wildman–Crippen LogP) is 2.27. The predicted molar refractivity (Wildman–Crippen MR) is 71.4 cm³/mol. The van der Waals surface area contributed by atoms with Crippen LogP contribution in [0.25, 0.3) is 11.0 Å². The summed E-state index contributed by atoms with van der Waals surface area (Å²) in [5.74, 6) is -0.297. The van der Waals surface area contributed by atoms with E-state index in [2.05, 4.69) is 4.98 Å². The van der Waals surface area contributed by atoms with Crippen molar-refractivity contribution in [3.8, 4) is 0 Å². The summed E-state index contributed by atoms with van der Waals surface area (Å²) in [6.07, 6.45) is 0. The number of aromatic amines is 1. The van der Waals surface area contributed by atoms with Gasteiger partial charge in [-0.3, -0.25) is 0 Å². The second kappa shape index (κ2) is 4.81. The van der Waals surface area contributed by atoms with Gasteiger partial charge in [-0.25, -0.2) is 12.8 Å². The SMILES string of the molecule is CCS(=O)(=O)CCn1c(=S)[nH]c2c(F)cccc21. The highest BCUT2D eigenvalue weighted by atomic mass is 32.2. The summed E-state index contributed by atoms with van der Waals surface area (Å²) in [5.41, 5.74) is 0.905. The molecule has 98 valence electrons. The minimum absolute atomic E-state index is 0.00126. The van der Waals surface area contributed by atoms with E-state index in [-0.39, 0.29) is 18.1 Å². The van der Waals surface area contributed by atoms with Gasteiger partial charge in [0.1, 0.15) is 11.3 Å². The Hall–Kier alpha value is -1.21. The fourth-order valence-electron chi connectivity index (χ4n) is 1.74. The third-order valence-electron chi connectivity index (χ3n) is 2.83. The summed E-state index contributed by atoms with van der Waals surface area (Å²) in [5, 5.41) is 0. The number of sulfone groups is 1. The number of imidazole rings is 1. The first-order chi connectivity index (χ1) is 8.44. The van der Waals surface area contributed by atoms with E-state index in [9.17, 15) is 12.8 Å². The molecular weight excluding hydrogens is 275 g/mol. The van der Waals surface area contributed by atoms with E-state index < -0.39 is 15.7 Å². The van der Waals surface area contributed by atoms with E-state index in [0.29, 0.717) is 15.8 Å². The Balaban J connectivity index is 2.43. The average molecular weight is 288 g/mol. The molecule has 0 aliphatic rings. The first kappa shape index (κ1) is 13.2. The number of aryl methyl sites for hydroxylation is 1. The number of hydrogen-bond acceptors (Lipinski definition) is 3. The number of nitrogens with one attached hydrogen (secondary N) is 1. The van der Waals surface area contributed by atoms with Gasteiger partial charge in [0.05, 0.1) is 11.3 Å². The van der Waals surface area contributed by atoms with E-state index in [1.807, 2.05) is 0 Å². The summed E-state index contributed by atoms with van der Waals surface area (Å²) in [4.78, 5) is 2.76. The topological polar surface area (TPSA) is 54.9 Å². The molecule has 0 spiro atoms. The van der Waals surface area contributed by atoms with Crippen molar-refractivity contribution >= 4 is 33.1 Å². The zero-order valence-electron chi connectivity index (χ0n) is 9.81. The quantitative estimate of drug-likeness (QED) is 0.878. The van der Waals surface area contributed by atoms with Gasteiger partial charge in [-0.05, 0) is 24.4 Å². The Bertz CT molecular complexity index is 731. The zero-order chi connectivity index (χ0) is 13.3. The zero-order valence-corrected chi connectivity index (χ0v) is 11.4. The fraction of sp³-hybridized carbons (Fsp3) is 0.364. The molecule has 0 saturated heterocycles. The first-order valence-electron chi connectivity index (χ1n) is 5.52. The van der Waals surface area contributed by atoms with Gasteiger partial charge in [0, 0.05) is 12.3 Å². The highest BCUT2D eigenvalue weighted by Crippen LogP contribution is 2.17. The van der Waals surface area contributed by atoms with Crippen LogP contribution < -0.4 is 0 Å². The van der Waals surface area contributed by atoms with Crippen LogP contribution in [0.5, 0.6) is 0 Å². The molecule has 0 amide bonds. The summed E-state index contributed by atoms with van der Waals surface area (Å²) < 4.78 is 38.4. The molecule has 2 rings (SSSR count). The number of H-pyrrole nitrogens is 1. The van der Waals surface area contributed by atoms with Crippen LogP contribution >= 0.6 is 12.2 Å². The third kappa shape index (κ3) is 2.46. The van der Waals surface area contributed by atoms with Crippen LogP contribution in [0.1, 0.15) is 6.92 Å². The average Bonchev–Trinajstić information content (AvgIpc) is 2.65. The van der Waals surface area contributed by atoms with Crippen molar-refractivity contribution in [2.75, 3.05) is 11.5 Å². The number of nitrogens with zero attached hydrogens (tertiary/aromatic N) is 1. The lowest BCUT2D eigenvalue weighted by Crippen LogP contribution is -2.14. The van der Waals surface area contributed by atoms with Gasteiger partial charge < -0.3 is 9.55 Å². The standard InChI is InChI=1S/C11H13FN2O2S2/c1-2-18(15,16)7-6-14-9-5-3-4-8(12)10(9)13-11(14)17/h3-5H,2,6-7H2,1H3,(H,13,17). The van der Waals surface area contributed by atoms with Crippen LogP contribution in [0.15, 0.2) is 18.2 Å². The lowest BCUT2D eigenvalue weighted by molar-refractivity contribution is 0.590. The second-order valence-electron chi connectivity index (χ2n) is 3.95. The van der Waals surface area contributed by atoms with Gasteiger partial charge in [0.2, 0.25) is 0 Å². The van der Waals surface area contributed by atoms with Crippen LogP contribution in [-0.2, 0) is 16.4 Å². The summed E-state index contributed by atoms with van der Waals surface area (Å²) >= 11 is 5.08. The van der Waals surface area contributed by atoms with Gasteiger partial charge >= 0.3 is 0 Å². The number of hydrogen-bond donors (Lipinski definition) is 1. The maximum Gasteiger partial charge on any atom is 0.178 e. The van der Waals surface area contributed by atoms with Gasteiger partial charge in [-0.15, -0.1) is 0 Å². The highest BCUT2D eigenvalue weighted by molar-refractivity contribution is 7.91. The molecule has 18 heavy (non-hydrogen) atoms. The minimum Gasteiger partial charge on any atom is -0.328 e.